The van der Waals surface area contributed by atoms with Gasteiger partial charge in [0.25, 0.3) is 0 Å². The van der Waals surface area contributed by atoms with Crippen LogP contribution in [0.2, 0.25) is 0 Å². The second kappa shape index (κ2) is 6.61. The zero-order valence-corrected chi connectivity index (χ0v) is 14.3. The van der Waals surface area contributed by atoms with E-state index in [1.165, 1.54) is 22.3 Å². The molecule has 0 fully saturated rings. The van der Waals surface area contributed by atoms with E-state index >= 15 is 0 Å². The number of nitriles is 1. The number of nitrogens with zero attached hydrogens (tertiary/aromatic N) is 1. The third-order valence-electron chi connectivity index (χ3n) is 4.34. The van der Waals surface area contributed by atoms with Crippen molar-refractivity contribution in [1.82, 2.24) is 0 Å². The first-order valence-corrected chi connectivity index (χ1v) is 8.99. The molecule has 1 amide bonds. The first-order chi connectivity index (χ1) is 12.2. The van der Waals surface area contributed by atoms with Crippen molar-refractivity contribution in [2.45, 2.75) is 25.7 Å². The lowest BCUT2D eigenvalue weighted by Gasteiger charge is -2.09. The van der Waals surface area contributed by atoms with Crippen molar-refractivity contribution >= 4 is 28.3 Å². The number of nitrogens with one attached hydrogen (secondary N) is 1. The number of rotatable bonds is 3. The van der Waals surface area contributed by atoms with E-state index in [2.05, 4.69) is 11.4 Å². The fraction of sp³-hybridized carbons (Fsp3) is 0.263. The molecule has 25 heavy (non-hydrogen) atoms. The molecule has 6 heteroatoms. The fourth-order valence-corrected chi connectivity index (χ4v) is 4.36. The molecule has 1 aromatic carbocycles. The Morgan fingerprint density at radius 3 is 2.96 bits per heavy atom. The van der Waals surface area contributed by atoms with Crippen LogP contribution >= 0.6 is 11.3 Å². The first-order valence-electron chi connectivity index (χ1n) is 8.18. The summed E-state index contributed by atoms with van der Waals surface area (Å²) in [5.41, 5.74) is 2.60. The second-order valence-corrected chi connectivity index (χ2v) is 7.07. The Bertz CT molecular complexity index is 908. The fourth-order valence-electron chi connectivity index (χ4n) is 3.11. The Balaban J connectivity index is 1.49. The van der Waals surface area contributed by atoms with Crippen LogP contribution in [0.4, 0.5) is 5.00 Å². The van der Waals surface area contributed by atoms with Crippen LogP contribution in [0, 0.1) is 11.3 Å². The maximum atomic E-state index is 12.2. The van der Waals surface area contributed by atoms with Crippen molar-refractivity contribution in [3.05, 3.63) is 45.8 Å². The van der Waals surface area contributed by atoms with Crippen LogP contribution in [0.1, 0.15) is 34.4 Å². The zero-order chi connectivity index (χ0) is 17.2. The zero-order valence-electron chi connectivity index (χ0n) is 13.5. The van der Waals surface area contributed by atoms with Gasteiger partial charge >= 0.3 is 0 Å². The van der Waals surface area contributed by atoms with E-state index in [1.807, 2.05) is 18.2 Å². The highest BCUT2D eigenvalue weighted by atomic mass is 32.1. The first kappa shape index (κ1) is 15.7. The SMILES string of the molecule is N#Cc1c(NC(=O)/C=C\c2ccc3c(c2)OCO3)sc2c1CCCC2. The number of carbonyl (C=O) groups excluding carboxylic acids is 1. The molecule has 0 saturated heterocycles. The van der Waals surface area contributed by atoms with E-state index in [4.69, 9.17) is 9.47 Å². The molecule has 2 aliphatic rings. The quantitative estimate of drug-likeness (QED) is 0.851. The number of hydrogen-bond donors (Lipinski definition) is 1. The monoisotopic (exact) mass is 352 g/mol. The van der Waals surface area contributed by atoms with Crippen molar-refractivity contribution in [3.8, 4) is 17.6 Å². The minimum atomic E-state index is -0.243. The molecule has 0 unspecified atom stereocenters. The van der Waals surface area contributed by atoms with Crippen LogP contribution in [-0.4, -0.2) is 12.7 Å². The molecule has 5 nitrogen and oxygen atoms in total. The summed E-state index contributed by atoms with van der Waals surface area (Å²) in [6.45, 7) is 0.225. The van der Waals surface area contributed by atoms with Gasteiger partial charge in [0.1, 0.15) is 11.1 Å². The van der Waals surface area contributed by atoms with Crippen molar-refractivity contribution < 1.29 is 14.3 Å². The number of amides is 1. The van der Waals surface area contributed by atoms with E-state index in [0.29, 0.717) is 22.1 Å². The summed E-state index contributed by atoms with van der Waals surface area (Å²) >= 11 is 1.53. The van der Waals surface area contributed by atoms with Crippen molar-refractivity contribution in [1.29, 1.82) is 5.26 Å². The molecule has 0 atom stereocenters. The molecule has 126 valence electrons. The lowest BCUT2D eigenvalue weighted by molar-refractivity contribution is -0.111. The van der Waals surface area contributed by atoms with E-state index in [-0.39, 0.29) is 12.7 Å². The largest absolute Gasteiger partial charge is 0.454 e. The molecular formula is C19H16N2O3S. The van der Waals surface area contributed by atoms with E-state index < -0.39 is 0 Å². The number of thiophene rings is 1. The van der Waals surface area contributed by atoms with E-state index in [0.717, 1.165) is 36.8 Å². The van der Waals surface area contributed by atoms with Gasteiger partial charge in [-0.3, -0.25) is 4.79 Å². The number of benzene rings is 1. The molecule has 1 aromatic heterocycles. The van der Waals surface area contributed by atoms with Crippen molar-refractivity contribution in [2.75, 3.05) is 12.1 Å². The van der Waals surface area contributed by atoms with Crippen LogP contribution in [0.25, 0.3) is 6.08 Å². The number of hydrogen-bond acceptors (Lipinski definition) is 5. The molecule has 2 aromatic rings. The predicted molar refractivity (Wildman–Crippen MR) is 95.9 cm³/mol. The number of carbonyl (C=O) groups is 1. The average Bonchev–Trinajstić information content (AvgIpc) is 3.23. The number of fused-ring (bicyclic) bond motifs is 2. The summed E-state index contributed by atoms with van der Waals surface area (Å²) in [5, 5.41) is 13.0. The summed E-state index contributed by atoms with van der Waals surface area (Å²) in [5.74, 6) is 1.15. The highest BCUT2D eigenvalue weighted by Crippen LogP contribution is 2.37. The Morgan fingerprint density at radius 1 is 1.24 bits per heavy atom. The average molecular weight is 352 g/mol. The molecule has 0 saturated carbocycles. The molecule has 0 bridgehead atoms. The van der Waals surface area contributed by atoms with Crippen LogP contribution < -0.4 is 14.8 Å². The van der Waals surface area contributed by atoms with Crippen molar-refractivity contribution in [2.24, 2.45) is 0 Å². The van der Waals surface area contributed by atoms with Crippen LogP contribution in [0.5, 0.6) is 11.5 Å². The van der Waals surface area contributed by atoms with Crippen LogP contribution in [0.3, 0.4) is 0 Å². The Morgan fingerprint density at radius 2 is 2.08 bits per heavy atom. The van der Waals surface area contributed by atoms with Gasteiger partial charge < -0.3 is 14.8 Å². The summed E-state index contributed by atoms with van der Waals surface area (Å²) in [6, 6.07) is 7.77. The lowest BCUT2D eigenvalue weighted by Crippen LogP contribution is -2.07. The summed E-state index contributed by atoms with van der Waals surface area (Å²) in [4.78, 5) is 13.5. The molecule has 1 N–H and O–H groups in total. The molecule has 2 heterocycles. The summed E-state index contributed by atoms with van der Waals surface area (Å²) in [7, 11) is 0. The van der Waals surface area contributed by atoms with Gasteiger partial charge in [-0.25, -0.2) is 0 Å². The third-order valence-corrected chi connectivity index (χ3v) is 5.55. The smallest absolute Gasteiger partial charge is 0.249 e. The molecule has 1 aliphatic carbocycles. The van der Waals surface area contributed by atoms with Gasteiger partial charge in [0.05, 0.1) is 5.56 Å². The highest BCUT2D eigenvalue weighted by molar-refractivity contribution is 7.16. The molecular weight excluding hydrogens is 336 g/mol. The van der Waals surface area contributed by atoms with Gasteiger partial charge in [-0.15, -0.1) is 11.3 Å². The van der Waals surface area contributed by atoms with Gasteiger partial charge in [-0.05, 0) is 55.0 Å². The van der Waals surface area contributed by atoms with Gasteiger partial charge in [0.15, 0.2) is 11.5 Å². The number of aryl methyl sites for hydroxylation is 1. The summed E-state index contributed by atoms with van der Waals surface area (Å²) in [6.07, 6.45) is 7.37. The molecule has 4 rings (SSSR count). The molecule has 0 radical (unpaired) electrons. The van der Waals surface area contributed by atoms with Gasteiger partial charge in [-0.2, -0.15) is 5.26 Å². The normalized spacial score (nSPS) is 15.0. The number of anilines is 1. The standard InChI is InChI=1S/C19H16N2O3S/c20-10-14-13-3-1-2-4-17(13)25-19(14)21-18(22)8-6-12-5-7-15-16(9-12)24-11-23-15/h5-9H,1-4,11H2,(H,21,22)/b8-6-. The lowest BCUT2D eigenvalue weighted by atomic mass is 9.96. The molecule has 0 spiro atoms. The Labute approximate surface area is 149 Å². The van der Waals surface area contributed by atoms with Crippen LogP contribution in [0.15, 0.2) is 24.3 Å². The minimum Gasteiger partial charge on any atom is -0.454 e. The van der Waals surface area contributed by atoms with E-state index in [9.17, 15) is 10.1 Å². The van der Waals surface area contributed by atoms with Crippen molar-refractivity contribution in [3.63, 3.8) is 0 Å². The molecule has 1 aliphatic heterocycles. The second-order valence-electron chi connectivity index (χ2n) is 5.96. The number of ether oxygens (including phenoxy) is 2. The topological polar surface area (TPSA) is 71.4 Å². The van der Waals surface area contributed by atoms with Gasteiger partial charge in [0.2, 0.25) is 12.7 Å². The summed E-state index contributed by atoms with van der Waals surface area (Å²) < 4.78 is 10.6. The predicted octanol–water partition coefficient (Wildman–Crippen LogP) is 3.88. The third kappa shape index (κ3) is 3.11. The maximum absolute atomic E-state index is 12.2. The Hall–Kier alpha value is -2.78. The van der Waals surface area contributed by atoms with Gasteiger partial charge in [0, 0.05) is 11.0 Å². The van der Waals surface area contributed by atoms with Gasteiger partial charge in [-0.1, -0.05) is 6.07 Å². The maximum Gasteiger partial charge on any atom is 0.249 e. The Kier molecular flexibility index (Phi) is 4.16. The van der Waals surface area contributed by atoms with E-state index in [1.54, 1.807) is 6.08 Å². The minimum absolute atomic E-state index is 0.225. The highest BCUT2D eigenvalue weighted by Gasteiger charge is 2.21. The van der Waals surface area contributed by atoms with Crippen LogP contribution in [-0.2, 0) is 17.6 Å².